The Morgan fingerprint density at radius 1 is 0.796 bits per heavy atom. The van der Waals surface area contributed by atoms with Crippen LogP contribution in [0, 0.1) is 5.92 Å². The van der Waals surface area contributed by atoms with E-state index >= 15 is 0 Å². The molecule has 6 rings (SSSR count). The van der Waals surface area contributed by atoms with E-state index in [1.807, 2.05) is 52.0 Å². The maximum Gasteiger partial charge on any atom is 0.425 e. The molecule has 54 heavy (non-hydrogen) atoms. The Balaban J connectivity index is 1.11. The number of carbonyl (C=O) groups excluding carboxylic acids is 4. The lowest BCUT2D eigenvalue weighted by Crippen LogP contribution is -2.54. The van der Waals surface area contributed by atoms with Gasteiger partial charge in [-0.05, 0) is 54.9 Å². The molecule has 16 heteroatoms. The minimum absolute atomic E-state index is 0.106. The summed E-state index contributed by atoms with van der Waals surface area (Å²) in [5.41, 5.74) is 8.22. The number of methoxy groups -OCH3 is 2. The predicted molar refractivity (Wildman–Crippen MR) is 205 cm³/mol. The standard InChI is InChI=1S/C38H47N9O6S/c1-22(2)31(43-36(49)52-5)34(48)45-17-7-8-30(45)32-39-20-28(41-32)26-13-9-24(10-14-26)25-11-15-27(16-12-25)29-21-40-33(42-29)35-46(18-19-54-35)38(51)47(23(3)4)44-37(50)53-6/h9-16,20-23,30-31,35H,7-8,17-19H2,1-6H3,(H,39,41)(H,40,42)(H,43,49)(H,44,50)/t30-,31-,35-/m0/s1. The molecule has 2 saturated heterocycles. The van der Waals surface area contributed by atoms with Crippen molar-refractivity contribution in [1.82, 2.24) is 45.5 Å². The molecule has 4 N–H and O–H groups in total. The zero-order valence-corrected chi connectivity index (χ0v) is 32.1. The van der Waals surface area contributed by atoms with Crippen molar-refractivity contribution >= 4 is 35.9 Å². The molecule has 2 aliphatic heterocycles. The number of benzene rings is 2. The highest BCUT2D eigenvalue weighted by Gasteiger charge is 2.38. The van der Waals surface area contributed by atoms with Gasteiger partial charge in [-0.3, -0.25) is 4.79 Å². The van der Waals surface area contributed by atoms with E-state index in [1.165, 1.54) is 19.2 Å². The van der Waals surface area contributed by atoms with Crippen LogP contribution in [0.1, 0.15) is 63.6 Å². The number of amides is 5. The van der Waals surface area contributed by atoms with E-state index in [-0.39, 0.29) is 35.3 Å². The van der Waals surface area contributed by atoms with Crippen LogP contribution in [0.15, 0.2) is 60.9 Å². The lowest BCUT2D eigenvalue weighted by atomic mass is 10.0. The highest BCUT2D eigenvalue weighted by molar-refractivity contribution is 7.99. The number of aromatic nitrogens is 4. The van der Waals surface area contributed by atoms with Crippen LogP contribution in [0.2, 0.25) is 0 Å². The van der Waals surface area contributed by atoms with Gasteiger partial charge in [0, 0.05) is 24.9 Å². The Labute approximate surface area is 318 Å². The maximum atomic E-state index is 13.5. The number of carbonyl (C=O) groups is 4. The van der Waals surface area contributed by atoms with Crippen molar-refractivity contribution in [3.05, 3.63) is 72.6 Å². The predicted octanol–water partition coefficient (Wildman–Crippen LogP) is 6.33. The highest BCUT2D eigenvalue weighted by atomic mass is 32.2. The molecule has 5 amide bonds. The van der Waals surface area contributed by atoms with Crippen molar-refractivity contribution in [2.45, 2.75) is 64.0 Å². The first-order valence-electron chi connectivity index (χ1n) is 18.0. The fourth-order valence-electron chi connectivity index (χ4n) is 6.71. The number of hydrogen-bond donors (Lipinski definition) is 4. The molecule has 0 bridgehead atoms. The van der Waals surface area contributed by atoms with Crippen molar-refractivity contribution < 1.29 is 28.7 Å². The number of nitrogens with zero attached hydrogens (tertiary/aromatic N) is 5. The van der Waals surface area contributed by atoms with E-state index in [0.717, 1.165) is 58.1 Å². The number of aromatic amines is 2. The average Bonchev–Trinajstić information content (AvgIpc) is 4.02. The van der Waals surface area contributed by atoms with E-state index in [9.17, 15) is 19.2 Å². The van der Waals surface area contributed by atoms with Crippen LogP contribution < -0.4 is 10.7 Å². The molecule has 2 fully saturated rings. The van der Waals surface area contributed by atoms with Gasteiger partial charge in [-0.25, -0.2) is 34.8 Å². The third-order valence-electron chi connectivity index (χ3n) is 9.65. The molecular weight excluding hydrogens is 711 g/mol. The summed E-state index contributed by atoms with van der Waals surface area (Å²) in [5, 5.41) is 3.63. The second-order valence-corrected chi connectivity index (χ2v) is 15.0. The van der Waals surface area contributed by atoms with E-state index in [2.05, 4.69) is 54.9 Å². The van der Waals surface area contributed by atoms with Crippen LogP contribution in [0.3, 0.4) is 0 Å². The molecule has 0 aliphatic carbocycles. The van der Waals surface area contributed by atoms with Gasteiger partial charge in [0.15, 0.2) is 0 Å². The smallest absolute Gasteiger partial charge is 0.425 e. The topological polar surface area (TPSA) is 178 Å². The Bertz CT molecular complexity index is 1800. The molecule has 15 nitrogen and oxygen atoms in total. The summed E-state index contributed by atoms with van der Waals surface area (Å²) < 4.78 is 9.45. The normalized spacial score (nSPS) is 17.5. The summed E-state index contributed by atoms with van der Waals surface area (Å²) in [6.45, 7) is 8.54. The van der Waals surface area contributed by atoms with Crippen LogP contribution in [0.5, 0.6) is 0 Å². The van der Waals surface area contributed by atoms with Gasteiger partial charge in [0.1, 0.15) is 23.1 Å². The van der Waals surface area contributed by atoms with Crippen molar-refractivity contribution in [3.8, 4) is 33.6 Å². The molecule has 3 atom stereocenters. The molecule has 0 spiro atoms. The van der Waals surface area contributed by atoms with E-state index in [0.29, 0.717) is 18.9 Å². The van der Waals surface area contributed by atoms with Gasteiger partial charge in [-0.15, -0.1) is 11.8 Å². The van der Waals surface area contributed by atoms with Crippen LogP contribution in [-0.2, 0) is 14.3 Å². The molecule has 2 aliphatic rings. The largest absolute Gasteiger partial charge is 0.453 e. The molecule has 2 aromatic heterocycles. The van der Waals surface area contributed by atoms with E-state index in [1.54, 1.807) is 34.0 Å². The van der Waals surface area contributed by atoms with Crippen molar-refractivity contribution in [1.29, 1.82) is 0 Å². The number of hydrogen-bond acceptors (Lipinski definition) is 9. The lowest BCUT2D eigenvalue weighted by Gasteiger charge is -2.32. The Morgan fingerprint density at radius 2 is 1.35 bits per heavy atom. The van der Waals surface area contributed by atoms with Gasteiger partial charge < -0.3 is 34.6 Å². The van der Waals surface area contributed by atoms with Crippen LogP contribution >= 0.6 is 11.8 Å². The van der Waals surface area contributed by atoms with Gasteiger partial charge in [0.05, 0.1) is 44.0 Å². The van der Waals surface area contributed by atoms with Crippen LogP contribution in [0.25, 0.3) is 33.6 Å². The quantitative estimate of drug-likeness (QED) is 0.142. The number of rotatable bonds is 9. The minimum Gasteiger partial charge on any atom is -0.453 e. The number of hydrazine groups is 1. The number of nitrogens with one attached hydrogen (secondary N) is 4. The monoisotopic (exact) mass is 757 g/mol. The summed E-state index contributed by atoms with van der Waals surface area (Å²) in [6.07, 6.45) is 3.86. The summed E-state index contributed by atoms with van der Waals surface area (Å²) in [6, 6.07) is 14.9. The van der Waals surface area contributed by atoms with Gasteiger partial charge in [0.25, 0.3) is 0 Å². The van der Waals surface area contributed by atoms with Crippen molar-refractivity contribution in [2.24, 2.45) is 5.92 Å². The van der Waals surface area contributed by atoms with Crippen LogP contribution in [0.4, 0.5) is 14.4 Å². The first-order chi connectivity index (χ1) is 26.0. The zero-order valence-electron chi connectivity index (χ0n) is 31.3. The molecule has 0 unspecified atom stereocenters. The maximum absolute atomic E-state index is 13.5. The molecule has 4 heterocycles. The molecule has 286 valence electrons. The SMILES string of the molecule is COC(=O)N[C@H](C(=O)N1CCC[C@H]1c1ncc(-c2ccc(-c3ccc(-c4cnc([C@@H]5SCCN5C(=O)N(NC(=O)OC)C(C)C)[nH]4)cc3)cc2)[nH]1)C(C)C. The van der Waals surface area contributed by atoms with E-state index in [4.69, 9.17) is 9.47 Å². The molecular formula is C38H47N9O6S. The minimum atomic E-state index is -0.706. The number of H-pyrrole nitrogens is 2. The molecule has 2 aromatic carbocycles. The molecule has 0 saturated carbocycles. The number of ether oxygens (including phenoxy) is 2. The van der Waals surface area contributed by atoms with Crippen molar-refractivity contribution in [3.63, 3.8) is 0 Å². The summed E-state index contributed by atoms with van der Waals surface area (Å²) in [7, 11) is 2.54. The second-order valence-electron chi connectivity index (χ2n) is 13.8. The van der Waals surface area contributed by atoms with Gasteiger partial charge in [0.2, 0.25) is 5.91 Å². The third-order valence-corrected chi connectivity index (χ3v) is 10.9. The summed E-state index contributed by atoms with van der Waals surface area (Å²) >= 11 is 1.61. The van der Waals surface area contributed by atoms with Crippen LogP contribution in [-0.4, -0.2) is 104 Å². The Morgan fingerprint density at radius 3 is 1.91 bits per heavy atom. The zero-order chi connectivity index (χ0) is 38.5. The summed E-state index contributed by atoms with van der Waals surface area (Å²) in [5.74, 6) is 1.87. The third kappa shape index (κ3) is 8.17. The molecule has 0 radical (unpaired) electrons. The number of alkyl carbamates (subject to hydrolysis) is 1. The van der Waals surface area contributed by atoms with Crippen molar-refractivity contribution in [2.75, 3.05) is 33.1 Å². The van der Waals surface area contributed by atoms with Gasteiger partial charge >= 0.3 is 18.2 Å². The van der Waals surface area contributed by atoms with Gasteiger partial charge in [-0.2, -0.15) is 0 Å². The summed E-state index contributed by atoms with van der Waals surface area (Å²) in [4.78, 5) is 70.4. The average molecular weight is 758 g/mol. The first-order valence-corrected chi connectivity index (χ1v) is 19.1. The fourth-order valence-corrected chi connectivity index (χ4v) is 7.89. The highest BCUT2D eigenvalue weighted by Crippen LogP contribution is 2.38. The fraction of sp³-hybridized carbons (Fsp3) is 0.421. The lowest BCUT2D eigenvalue weighted by molar-refractivity contribution is -0.135. The second kappa shape index (κ2) is 16.7. The molecule has 4 aromatic rings. The number of urea groups is 1. The number of likely N-dealkylation sites (tertiary alicyclic amines) is 1. The number of imidazole rings is 2. The Hall–Kier alpha value is -5.51. The Kier molecular flexibility index (Phi) is 11.8. The van der Waals surface area contributed by atoms with Gasteiger partial charge in [-0.1, -0.05) is 62.4 Å². The van der Waals surface area contributed by atoms with E-state index < -0.39 is 18.2 Å². The number of thioether (sulfide) groups is 1. The first kappa shape index (κ1) is 38.2.